The summed E-state index contributed by atoms with van der Waals surface area (Å²) in [5.41, 5.74) is -0.668. The van der Waals surface area contributed by atoms with E-state index in [9.17, 15) is 9.90 Å². The van der Waals surface area contributed by atoms with Gasteiger partial charge in [-0.05, 0) is 13.0 Å². The highest BCUT2D eigenvalue weighted by molar-refractivity contribution is 5.87. The topological polar surface area (TPSA) is 40.5 Å². The first-order chi connectivity index (χ1) is 4.55. The summed E-state index contributed by atoms with van der Waals surface area (Å²) in [6.45, 7) is 5.90. The van der Waals surface area contributed by atoms with Gasteiger partial charge in [-0.3, -0.25) is 4.79 Å². The summed E-state index contributed by atoms with van der Waals surface area (Å²) in [7, 11) is 0. The number of hydrogen-bond acceptors (Lipinski definition) is 2. The summed E-state index contributed by atoms with van der Waals surface area (Å²) in [6, 6.07) is 0. The van der Waals surface area contributed by atoms with Crippen LogP contribution in [0.4, 0.5) is 0 Å². The number of carbonyl (C=O) groups is 1. The molecule has 0 radical (unpaired) electrons. The van der Waals surface area contributed by atoms with E-state index in [0.717, 1.165) is 0 Å². The van der Waals surface area contributed by atoms with Crippen LogP contribution >= 0.6 is 0 Å². The highest BCUT2D eigenvalue weighted by Crippen LogP contribution is 2.19. The lowest BCUT2D eigenvalue weighted by atomic mass is 9.97. The number of carbonyl (C=O) groups excluding carboxylic acids is 1. The predicted octanol–water partition coefficient (Wildman–Crippen LogP) is -0.234. The third-order valence-corrected chi connectivity index (χ3v) is 1.55. The molecule has 0 unspecified atom stereocenters. The fourth-order valence-corrected chi connectivity index (χ4v) is 1.06. The third kappa shape index (κ3) is 1.19. The van der Waals surface area contributed by atoms with Crippen LogP contribution in [0, 0.1) is 0 Å². The zero-order chi connectivity index (χ0) is 7.78. The second-order valence-corrected chi connectivity index (χ2v) is 2.90. The van der Waals surface area contributed by atoms with E-state index in [1.807, 2.05) is 0 Å². The SMILES string of the molecule is C=CC(=O)N1CC(C)(O)C1. The van der Waals surface area contributed by atoms with E-state index in [-0.39, 0.29) is 5.91 Å². The number of likely N-dealkylation sites (tertiary alicyclic amines) is 1. The molecule has 1 aliphatic rings. The molecule has 3 heteroatoms. The van der Waals surface area contributed by atoms with E-state index in [2.05, 4.69) is 6.58 Å². The van der Waals surface area contributed by atoms with Crippen LogP contribution in [-0.4, -0.2) is 34.6 Å². The Bertz CT molecular complexity index is 166. The molecule has 0 aromatic heterocycles. The summed E-state index contributed by atoms with van der Waals surface area (Å²) >= 11 is 0. The van der Waals surface area contributed by atoms with Crippen LogP contribution in [0.3, 0.4) is 0 Å². The van der Waals surface area contributed by atoms with Gasteiger partial charge in [-0.1, -0.05) is 6.58 Å². The minimum atomic E-state index is -0.668. The van der Waals surface area contributed by atoms with Crippen molar-refractivity contribution in [2.45, 2.75) is 12.5 Å². The van der Waals surface area contributed by atoms with Crippen molar-refractivity contribution in [2.24, 2.45) is 0 Å². The van der Waals surface area contributed by atoms with Gasteiger partial charge in [0.05, 0.1) is 18.7 Å². The molecule has 1 rings (SSSR count). The first-order valence-corrected chi connectivity index (χ1v) is 3.19. The maximum absolute atomic E-state index is 10.8. The van der Waals surface area contributed by atoms with Crippen LogP contribution in [0.2, 0.25) is 0 Å². The maximum Gasteiger partial charge on any atom is 0.246 e. The van der Waals surface area contributed by atoms with Gasteiger partial charge in [0, 0.05) is 0 Å². The molecule has 1 fully saturated rings. The monoisotopic (exact) mass is 141 g/mol. The highest BCUT2D eigenvalue weighted by atomic mass is 16.3. The van der Waals surface area contributed by atoms with Crippen LogP contribution in [0.1, 0.15) is 6.92 Å². The van der Waals surface area contributed by atoms with Crippen molar-refractivity contribution in [1.29, 1.82) is 0 Å². The largest absolute Gasteiger partial charge is 0.386 e. The Balaban J connectivity index is 2.39. The lowest BCUT2D eigenvalue weighted by Crippen LogP contribution is -2.61. The molecular formula is C7H11NO2. The van der Waals surface area contributed by atoms with Crippen molar-refractivity contribution in [2.75, 3.05) is 13.1 Å². The smallest absolute Gasteiger partial charge is 0.246 e. The summed E-state index contributed by atoms with van der Waals surface area (Å²) in [6.07, 6.45) is 1.26. The standard InChI is InChI=1S/C7H11NO2/c1-3-6(9)8-4-7(2,10)5-8/h3,10H,1,4-5H2,2H3. The Hall–Kier alpha value is -0.830. The van der Waals surface area contributed by atoms with E-state index in [4.69, 9.17) is 0 Å². The molecule has 0 aromatic carbocycles. The zero-order valence-electron chi connectivity index (χ0n) is 6.00. The average molecular weight is 141 g/mol. The minimum Gasteiger partial charge on any atom is -0.386 e. The molecule has 1 saturated heterocycles. The Morgan fingerprint density at radius 1 is 1.80 bits per heavy atom. The number of β-amino-alcohol motifs (C(OH)–C–C–N with tert-alkyl or cyclic N) is 1. The summed E-state index contributed by atoms with van der Waals surface area (Å²) < 4.78 is 0. The first-order valence-electron chi connectivity index (χ1n) is 3.19. The first kappa shape index (κ1) is 7.28. The fraction of sp³-hybridized carbons (Fsp3) is 0.571. The van der Waals surface area contributed by atoms with Gasteiger partial charge >= 0.3 is 0 Å². The van der Waals surface area contributed by atoms with Gasteiger partial charge in [-0.2, -0.15) is 0 Å². The number of nitrogens with zero attached hydrogens (tertiary/aromatic N) is 1. The molecule has 1 aliphatic heterocycles. The minimum absolute atomic E-state index is 0.105. The number of rotatable bonds is 1. The van der Waals surface area contributed by atoms with Crippen LogP contribution in [0.25, 0.3) is 0 Å². The average Bonchev–Trinajstić information content (AvgIpc) is 1.81. The molecule has 1 amide bonds. The Labute approximate surface area is 59.9 Å². The van der Waals surface area contributed by atoms with E-state index in [1.54, 1.807) is 11.8 Å². The Morgan fingerprint density at radius 3 is 2.60 bits per heavy atom. The quantitative estimate of drug-likeness (QED) is 0.512. The van der Waals surface area contributed by atoms with E-state index in [1.165, 1.54) is 6.08 Å². The zero-order valence-corrected chi connectivity index (χ0v) is 6.00. The molecule has 0 aromatic rings. The maximum atomic E-state index is 10.8. The molecular weight excluding hydrogens is 130 g/mol. The molecule has 0 saturated carbocycles. The molecule has 0 spiro atoms. The van der Waals surface area contributed by atoms with Crippen molar-refractivity contribution in [3.63, 3.8) is 0 Å². The second-order valence-electron chi connectivity index (χ2n) is 2.90. The van der Waals surface area contributed by atoms with Crippen LogP contribution in [0.15, 0.2) is 12.7 Å². The van der Waals surface area contributed by atoms with Gasteiger partial charge < -0.3 is 10.0 Å². The summed E-state index contributed by atoms with van der Waals surface area (Å²) in [5, 5.41) is 9.20. The van der Waals surface area contributed by atoms with Gasteiger partial charge in [0.25, 0.3) is 0 Å². The summed E-state index contributed by atoms with van der Waals surface area (Å²) in [4.78, 5) is 12.3. The van der Waals surface area contributed by atoms with Crippen LogP contribution < -0.4 is 0 Å². The predicted molar refractivity (Wildman–Crippen MR) is 37.4 cm³/mol. The molecule has 0 atom stereocenters. The molecule has 1 N–H and O–H groups in total. The number of amides is 1. The van der Waals surface area contributed by atoms with Gasteiger partial charge in [0.2, 0.25) is 5.91 Å². The third-order valence-electron chi connectivity index (χ3n) is 1.55. The fourth-order valence-electron chi connectivity index (χ4n) is 1.06. The van der Waals surface area contributed by atoms with Crippen LogP contribution in [-0.2, 0) is 4.79 Å². The van der Waals surface area contributed by atoms with Gasteiger partial charge in [0.15, 0.2) is 0 Å². The van der Waals surface area contributed by atoms with E-state index >= 15 is 0 Å². The van der Waals surface area contributed by atoms with E-state index < -0.39 is 5.60 Å². The molecule has 0 bridgehead atoms. The summed E-state index contributed by atoms with van der Waals surface area (Å²) in [5.74, 6) is -0.105. The molecule has 1 heterocycles. The van der Waals surface area contributed by atoms with Crippen molar-refractivity contribution >= 4 is 5.91 Å². The van der Waals surface area contributed by atoms with Gasteiger partial charge in [-0.15, -0.1) is 0 Å². The molecule has 3 nitrogen and oxygen atoms in total. The Morgan fingerprint density at radius 2 is 2.30 bits per heavy atom. The van der Waals surface area contributed by atoms with Gasteiger partial charge in [-0.25, -0.2) is 0 Å². The number of aliphatic hydroxyl groups is 1. The van der Waals surface area contributed by atoms with Crippen molar-refractivity contribution in [3.8, 4) is 0 Å². The lowest BCUT2D eigenvalue weighted by molar-refractivity contribution is -0.146. The normalized spacial score (nSPS) is 21.6. The molecule has 0 aliphatic carbocycles. The molecule has 56 valence electrons. The second kappa shape index (κ2) is 2.09. The van der Waals surface area contributed by atoms with E-state index in [0.29, 0.717) is 13.1 Å². The van der Waals surface area contributed by atoms with Gasteiger partial charge in [0.1, 0.15) is 0 Å². The van der Waals surface area contributed by atoms with Crippen molar-refractivity contribution in [1.82, 2.24) is 4.90 Å². The molecule has 10 heavy (non-hydrogen) atoms. The van der Waals surface area contributed by atoms with Crippen LogP contribution in [0.5, 0.6) is 0 Å². The number of hydrogen-bond donors (Lipinski definition) is 1. The highest BCUT2D eigenvalue weighted by Gasteiger charge is 2.38. The van der Waals surface area contributed by atoms with Crippen molar-refractivity contribution < 1.29 is 9.90 Å². The van der Waals surface area contributed by atoms with Crippen molar-refractivity contribution in [3.05, 3.63) is 12.7 Å². The Kier molecular flexibility index (Phi) is 1.52. The lowest BCUT2D eigenvalue weighted by Gasteiger charge is -2.43.